The summed E-state index contributed by atoms with van der Waals surface area (Å²) in [6.45, 7) is 0.789. The maximum Gasteiger partial charge on any atom is 0.235 e. The molecule has 0 aliphatic heterocycles. The molecule has 0 bridgehead atoms. The SMILES string of the molecule is CN(C)Cc1nn2c(Sc3ccc4ncc(-c5cnn(C)c5)cc4c3)nnc2s1. The molecule has 4 heterocycles. The maximum atomic E-state index is 4.65. The fraction of sp³-hybridized carbons (Fsp3) is 0.211. The average molecular weight is 423 g/mol. The van der Waals surface area contributed by atoms with E-state index in [4.69, 9.17) is 0 Å². The third kappa shape index (κ3) is 3.61. The number of rotatable bonds is 5. The molecule has 1 aromatic carbocycles. The van der Waals surface area contributed by atoms with Gasteiger partial charge in [0.1, 0.15) is 5.01 Å². The van der Waals surface area contributed by atoms with E-state index in [0.29, 0.717) is 0 Å². The van der Waals surface area contributed by atoms with Gasteiger partial charge in [-0.25, -0.2) is 0 Å². The summed E-state index contributed by atoms with van der Waals surface area (Å²) in [6, 6.07) is 8.35. The smallest absolute Gasteiger partial charge is 0.235 e. The summed E-state index contributed by atoms with van der Waals surface area (Å²) in [7, 11) is 5.97. The minimum atomic E-state index is 0.761. The van der Waals surface area contributed by atoms with Crippen LogP contribution in [0.4, 0.5) is 0 Å². The number of aromatic nitrogens is 7. The van der Waals surface area contributed by atoms with Crippen LogP contribution in [0.1, 0.15) is 5.01 Å². The van der Waals surface area contributed by atoms with E-state index in [9.17, 15) is 0 Å². The number of fused-ring (bicyclic) bond motifs is 2. The molecule has 0 amide bonds. The topological polar surface area (TPSA) is 77.0 Å². The summed E-state index contributed by atoms with van der Waals surface area (Å²) in [5.41, 5.74) is 3.05. The number of hydrogen-bond donors (Lipinski definition) is 0. The van der Waals surface area contributed by atoms with Crippen molar-refractivity contribution in [3.63, 3.8) is 0 Å². The molecule has 146 valence electrons. The first-order chi connectivity index (χ1) is 14.0. The molecular formula is C19H18N8S2. The van der Waals surface area contributed by atoms with E-state index in [1.807, 2.05) is 50.3 Å². The standard InChI is InChI=1S/C19H18N8S2/c1-25(2)11-17-24-27-18(22-23-19(27)29-17)28-15-4-5-16-12(7-15)6-13(8-20-16)14-9-21-26(3)10-14/h4-10H,11H2,1-3H3. The van der Waals surface area contributed by atoms with Gasteiger partial charge in [0.05, 0.1) is 18.3 Å². The predicted molar refractivity (Wildman–Crippen MR) is 114 cm³/mol. The Labute approximate surface area is 175 Å². The lowest BCUT2D eigenvalue weighted by Crippen LogP contribution is -2.10. The highest BCUT2D eigenvalue weighted by Gasteiger charge is 2.14. The molecule has 0 atom stereocenters. The first-order valence-electron chi connectivity index (χ1n) is 8.98. The quantitative estimate of drug-likeness (QED) is 0.430. The number of hydrogen-bond acceptors (Lipinski definition) is 8. The normalized spacial score (nSPS) is 11.9. The number of benzene rings is 1. The van der Waals surface area contributed by atoms with Gasteiger partial charge in [-0.15, -0.1) is 10.2 Å². The first-order valence-corrected chi connectivity index (χ1v) is 10.6. The summed E-state index contributed by atoms with van der Waals surface area (Å²) < 4.78 is 3.61. The van der Waals surface area contributed by atoms with Crippen molar-refractivity contribution in [3.8, 4) is 11.1 Å². The molecule has 0 unspecified atom stereocenters. The highest BCUT2D eigenvalue weighted by atomic mass is 32.2. The summed E-state index contributed by atoms with van der Waals surface area (Å²) in [4.78, 5) is 8.56. The average Bonchev–Trinajstić information content (AvgIpc) is 3.38. The molecule has 5 rings (SSSR count). The van der Waals surface area contributed by atoms with E-state index >= 15 is 0 Å². The third-order valence-electron chi connectivity index (χ3n) is 4.36. The van der Waals surface area contributed by atoms with Crippen molar-refractivity contribution in [2.24, 2.45) is 7.05 Å². The maximum absolute atomic E-state index is 4.65. The van der Waals surface area contributed by atoms with E-state index in [2.05, 4.69) is 48.5 Å². The molecule has 0 aliphatic carbocycles. The van der Waals surface area contributed by atoms with Crippen molar-refractivity contribution in [1.29, 1.82) is 0 Å². The van der Waals surface area contributed by atoms with Crippen LogP contribution in [-0.2, 0) is 13.6 Å². The fourth-order valence-electron chi connectivity index (χ4n) is 3.04. The highest BCUT2D eigenvalue weighted by molar-refractivity contribution is 7.99. The Morgan fingerprint density at radius 1 is 1.10 bits per heavy atom. The Morgan fingerprint density at radius 3 is 2.79 bits per heavy atom. The van der Waals surface area contributed by atoms with Crippen LogP contribution in [0, 0.1) is 0 Å². The zero-order chi connectivity index (χ0) is 20.0. The van der Waals surface area contributed by atoms with E-state index < -0.39 is 0 Å². The summed E-state index contributed by atoms with van der Waals surface area (Å²) in [5.74, 6) is 0. The molecular weight excluding hydrogens is 404 g/mol. The fourth-order valence-corrected chi connectivity index (χ4v) is 4.88. The molecule has 8 nitrogen and oxygen atoms in total. The Bertz CT molecular complexity index is 1320. The van der Waals surface area contributed by atoms with Crippen LogP contribution >= 0.6 is 23.1 Å². The molecule has 0 fully saturated rings. The van der Waals surface area contributed by atoms with Crippen LogP contribution in [0.25, 0.3) is 27.0 Å². The molecule has 5 aromatic rings. The first kappa shape index (κ1) is 18.2. The van der Waals surface area contributed by atoms with Crippen LogP contribution in [0.3, 0.4) is 0 Å². The zero-order valence-corrected chi connectivity index (χ0v) is 17.8. The highest BCUT2D eigenvalue weighted by Crippen LogP contribution is 2.31. The van der Waals surface area contributed by atoms with Crippen LogP contribution in [0.15, 0.2) is 52.9 Å². The third-order valence-corrected chi connectivity index (χ3v) is 6.17. The van der Waals surface area contributed by atoms with Gasteiger partial charge in [0, 0.05) is 40.8 Å². The lowest BCUT2D eigenvalue weighted by Gasteiger charge is -2.05. The molecule has 4 aromatic heterocycles. The van der Waals surface area contributed by atoms with Gasteiger partial charge in [-0.05, 0) is 50.1 Å². The Balaban J connectivity index is 1.47. The molecule has 10 heteroatoms. The van der Waals surface area contributed by atoms with Gasteiger partial charge in [-0.1, -0.05) is 11.3 Å². The Hall–Kier alpha value is -2.82. The van der Waals surface area contributed by atoms with Gasteiger partial charge < -0.3 is 4.90 Å². The Kier molecular flexibility index (Phi) is 4.53. The molecule has 0 saturated carbocycles. The van der Waals surface area contributed by atoms with Crippen molar-refractivity contribution in [2.45, 2.75) is 16.6 Å². The van der Waals surface area contributed by atoms with Crippen LogP contribution in [0.5, 0.6) is 0 Å². The largest absolute Gasteiger partial charge is 0.303 e. The van der Waals surface area contributed by atoms with Crippen LogP contribution in [0.2, 0.25) is 0 Å². The van der Waals surface area contributed by atoms with Gasteiger partial charge in [-0.2, -0.15) is 14.7 Å². The van der Waals surface area contributed by atoms with Gasteiger partial charge in [0.15, 0.2) is 0 Å². The summed E-state index contributed by atoms with van der Waals surface area (Å²) in [6.07, 6.45) is 5.72. The van der Waals surface area contributed by atoms with Gasteiger partial charge in [0.25, 0.3) is 0 Å². The summed E-state index contributed by atoms with van der Waals surface area (Å²) >= 11 is 3.12. The van der Waals surface area contributed by atoms with Gasteiger partial charge in [0.2, 0.25) is 10.1 Å². The van der Waals surface area contributed by atoms with Gasteiger partial charge in [-0.3, -0.25) is 9.67 Å². The van der Waals surface area contributed by atoms with Crippen molar-refractivity contribution < 1.29 is 0 Å². The molecule has 0 aliphatic rings. The van der Waals surface area contributed by atoms with Crippen molar-refractivity contribution >= 4 is 39.0 Å². The van der Waals surface area contributed by atoms with Crippen molar-refractivity contribution in [1.82, 2.24) is 39.5 Å². The van der Waals surface area contributed by atoms with E-state index in [-0.39, 0.29) is 0 Å². The monoisotopic (exact) mass is 422 g/mol. The molecule has 29 heavy (non-hydrogen) atoms. The lowest BCUT2D eigenvalue weighted by molar-refractivity contribution is 0.399. The number of aryl methyl sites for hydroxylation is 1. The second-order valence-corrected chi connectivity index (χ2v) is 9.07. The van der Waals surface area contributed by atoms with Crippen LogP contribution in [-0.4, -0.2) is 53.6 Å². The lowest BCUT2D eigenvalue weighted by atomic mass is 10.1. The zero-order valence-electron chi connectivity index (χ0n) is 16.1. The number of pyridine rings is 1. The molecule has 0 saturated heterocycles. The van der Waals surface area contributed by atoms with E-state index in [1.165, 1.54) is 0 Å². The molecule has 0 N–H and O–H groups in total. The second-order valence-electron chi connectivity index (χ2n) is 6.99. The Morgan fingerprint density at radius 2 is 2.00 bits per heavy atom. The van der Waals surface area contributed by atoms with Crippen molar-refractivity contribution in [2.75, 3.05) is 14.1 Å². The molecule has 0 spiro atoms. The van der Waals surface area contributed by atoms with E-state index in [0.717, 1.165) is 48.6 Å². The predicted octanol–water partition coefficient (Wildman–Crippen LogP) is 3.35. The van der Waals surface area contributed by atoms with Gasteiger partial charge >= 0.3 is 0 Å². The van der Waals surface area contributed by atoms with Crippen LogP contribution < -0.4 is 0 Å². The molecule has 0 radical (unpaired) electrons. The summed E-state index contributed by atoms with van der Waals surface area (Å²) in [5, 5.41) is 20.3. The van der Waals surface area contributed by atoms with E-state index in [1.54, 1.807) is 27.8 Å². The minimum Gasteiger partial charge on any atom is -0.303 e. The minimum absolute atomic E-state index is 0.761. The van der Waals surface area contributed by atoms with Crippen molar-refractivity contribution in [3.05, 3.63) is 47.9 Å². The number of nitrogens with zero attached hydrogens (tertiary/aromatic N) is 8. The second kappa shape index (κ2) is 7.21.